The average molecular weight is 254 g/mol. The van der Waals surface area contributed by atoms with Gasteiger partial charge in [0.05, 0.1) is 12.2 Å². The van der Waals surface area contributed by atoms with Gasteiger partial charge in [0.25, 0.3) is 0 Å². The van der Waals surface area contributed by atoms with Crippen molar-refractivity contribution in [3.8, 4) is 0 Å². The van der Waals surface area contributed by atoms with Crippen LogP contribution in [0.3, 0.4) is 0 Å². The van der Waals surface area contributed by atoms with E-state index in [2.05, 4.69) is 44.8 Å². The van der Waals surface area contributed by atoms with Crippen LogP contribution in [-0.4, -0.2) is 29.6 Å². The molecule has 1 amide bonds. The molecule has 0 radical (unpaired) electrons. The highest BCUT2D eigenvalue weighted by molar-refractivity contribution is 5.84. The lowest BCUT2D eigenvalue weighted by atomic mass is 9.99. The van der Waals surface area contributed by atoms with Gasteiger partial charge in [-0.15, -0.1) is 0 Å². The Morgan fingerprint density at radius 1 is 1.28 bits per heavy atom. The molecule has 1 saturated heterocycles. The number of rotatable bonds is 7. The molecule has 0 aromatic rings. The molecule has 0 aliphatic carbocycles. The van der Waals surface area contributed by atoms with Gasteiger partial charge in [-0.3, -0.25) is 10.1 Å². The molecule has 3 unspecified atom stereocenters. The fraction of sp³-hybridized carbons (Fsp3) is 0.933. The normalized spacial score (nSPS) is 26.1. The molecule has 1 N–H and O–H groups in total. The number of hydrogen-bond acceptors (Lipinski definition) is 2. The smallest absolute Gasteiger partial charge is 0.241 e. The molecule has 0 saturated carbocycles. The van der Waals surface area contributed by atoms with E-state index in [0.29, 0.717) is 17.7 Å². The van der Waals surface area contributed by atoms with Crippen LogP contribution in [-0.2, 0) is 4.79 Å². The number of unbranched alkanes of at least 4 members (excludes halogenated alkanes) is 1. The highest BCUT2D eigenvalue weighted by Crippen LogP contribution is 2.23. The van der Waals surface area contributed by atoms with E-state index < -0.39 is 0 Å². The first-order valence-corrected chi connectivity index (χ1v) is 7.57. The molecule has 1 aliphatic heterocycles. The largest absolute Gasteiger partial charge is 0.326 e. The summed E-state index contributed by atoms with van der Waals surface area (Å²) in [5, 5.41) is 3.56. The monoisotopic (exact) mass is 254 g/mol. The summed E-state index contributed by atoms with van der Waals surface area (Å²) in [6, 6.07) is 0.0376. The molecule has 0 aromatic heterocycles. The quantitative estimate of drug-likeness (QED) is 0.757. The molecule has 1 rings (SSSR count). The molecule has 106 valence electrons. The van der Waals surface area contributed by atoms with E-state index in [0.717, 1.165) is 32.2 Å². The van der Waals surface area contributed by atoms with Crippen LogP contribution in [0.15, 0.2) is 0 Å². The van der Waals surface area contributed by atoms with Crippen molar-refractivity contribution in [2.24, 2.45) is 11.8 Å². The van der Waals surface area contributed by atoms with Crippen LogP contribution >= 0.6 is 0 Å². The van der Waals surface area contributed by atoms with Gasteiger partial charge >= 0.3 is 0 Å². The fourth-order valence-electron chi connectivity index (χ4n) is 2.58. The molecule has 1 fully saturated rings. The van der Waals surface area contributed by atoms with Gasteiger partial charge in [-0.25, -0.2) is 0 Å². The van der Waals surface area contributed by atoms with Crippen LogP contribution in [0, 0.1) is 11.8 Å². The van der Waals surface area contributed by atoms with Gasteiger partial charge in [0.2, 0.25) is 5.91 Å². The standard InChI is InChI=1S/C15H30N2O/c1-6-8-9-17-13(10-11(3)4)16-14(15(17)18)12(5)7-2/h11-14,16H,6-10H2,1-5H3. The minimum Gasteiger partial charge on any atom is -0.326 e. The lowest BCUT2D eigenvalue weighted by molar-refractivity contribution is -0.131. The van der Waals surface area contributed by atoms with Crippen LogP contribution in [0.5, 0.6) is 0 Å². The summed E-state index contributed by atoms with van der Waals surface area (Å²) >= 11 is 0. The zero-order valence-corrected chi connectivity index (χ0v) is 12.7. The molecule has 0 spiro atoms. The lowest BCUT2D eigenvalue weighted by Crippen LogP contribution is -2.39. The number of amides is 1. The highest BCUT2D eigenvalue weighted by atomic mass is 16.2. The van der Waals surface area contributed by atoms with Gasteiger partial charge in [-0.05, 0) is 24.7 Å². The maximum absolute atomic E-state index is 12.5. The maximum Gasteiger partial charge on any atom is 0.241 e. The summed E-state index contributed by atoms with van der Waals surface area (Å²) in [5.74, 6) is 1.37. The Bertz CT molecular complexity index is 265. The van der Waals surface area contributed by atoms with Crippen LogP contribution in [0.1, 0.15) is 60.3 Å². The van der Waals surface area contributed by atoms with Crippen molar-refractivity contribution in [1.82, 2.24) is 10.2 Å². The molecule has 1 aliphatic rings. The SMILES string of the molecule is CCCCN1C(=O)C(C(C)CC)NC1CC(C)C. The van der Waals surface area contributed by atoms with Crippen molar-refractivity contribution in [3.05, 3.63) is 0 Å². The topological polar surface area (TPSA) is 32.3 Å². The zero-order chi connectivity index (χ0) is 13.7. The number of hydrogen-bond donors (Lipinski definition) is 1. The maximum atomic E-state index is 12.5. The summed E-state index contributed by atoms with van der Waals surface area (Å²) in [5.41, 5.74) is 0. The Balaban J connectivity index is 2.71. The Morgan fingerprint density at radius 3 is 2.44 bits per heavy atom. The Labute approximate surface area is 112 Å². The predicted molar refractivity (Wildman–Crippen MR) is 76.2 cm³/mol. The van der Waals surface area contributed by atoms with E-state index in [1.165, 1.54) is 0 Å². The lowest BCUT2D eigenvalue weighted by Gasteiger charge is -2.25. The Hall–Kier alpha value is -0.570. The van der Waals surface area contributed by atoms with E-state index in [4.69, 9.17) is 0 Å². The highest BCUT2D eigenvalue weighted by Gasteiger charge is 2.40. The van der Waals surface area contributed by atoms with Gasteiger partial charge in [0, 0.05) is 6.54 Å². The summed E-state index contributed by atoms with van der Waals surface area (Å²) in [7, 11) is 0. The Kier molecular flexibility index (Phi) is 6.13. The minimum atomic E-state index is 0.0376. The number of nitrogens with one attached hydrogen (secondary N) is 1. The zero-order valence-electron chi connectivity index (χ0n) is 12.7. The molecule has 18 heavy (non-hydrogen) atoms. The molecular formula is C15H30N2O. The second-order valence-electron chi connectivity index (χ2n) is 6.06. The summed E-state index contributed by atoms with van der Waals surface area (Å²) < 4.78 is 0. The summed E-state index contributed by atoms with van der Waals surface area (Å²) in [6.07, 6.45) is 4.62. The summed E-state index contributed by atoms with van der Waals surface area (Å²) in [4.78, 5) is 14.6. The van der Waals surface area contributed by atoms with Gasteiger partial charge < -0.3 is 4.90 Å². The molecular weight excluding hydrogens is 224 g/mol. The molecule has 1 heterocycles. The van der Waals surface area contributed by atoms with E-state index in [9.17, 15) is 4.79 Å². The van der Waals surface area contributed by atoms with Gasteiger partial charge in [-0.2, -0.15) is 0 Å². The van der Waals surface area contributed by atoms with Gasteiger partial charge in [0.1, 0.15) is 0 Å². The predicted octanol–water partition coefficient (Wildman–Crippen LogP) is 3.01. The van der Waals surface area contributed by atoms with Crippen molar-refractivity contribution in [1.29, 1.82) is 0 Å². The third kappa shape index (κ3) is 3.71. The van der Waals surface area contributed by atoms with Crippen LogP contribution in [0.25, 0.3) is 0 Å². The fourth-order valence-corrected chi connectivity index (χ4v) is 2.58. The first kappa shape index (κ1) is 15.5. The third-order valence-electron chi connectivity index (χ3n) is 3.96. The molecule has 0 bridgehead atoms. The molecule has 0 aromatic carbocycles. The third-order valence-corrected chi connectivity index (χ3v) is 3.96. The van der Waals surface area contributed by atoms with E-state index in [1.54, 1.807) is 0 Å². The summed E-state index contributed by atoms with van der Waals surface area (Å²) in [6.45, 7) is 11.9. The number of carbonyl (C=O) groups is 1. The van der Waals surface area contributed by atoms with E-state index >= 15 is 0 Å². The minimum absolute atomic E-state index is 0.0376. The number of nitrogens with zero attached hydrogens (tertiary/aromatic N) is 1. The molecule has 3 nitrogen and oxygen atoms in total. The second-order valence-corrected chi connectivity index (χ2v) is 6.06. The van der Waals surface area contributed by atoms with Gasteiger partial charge in [-0.1, -0.05) is 47.5 Å². The van der Waals surface area contributed by atoms with Crippen molar-refractivity contribution >= 4 is 5.91 Å². The van der Waals surface area contributed by atoms with Crippen LogP contribution < -0.4 is 5.32 Å². The Morgan fingerprint density at radius 2 is 1.94 bits per heavy atom. The van der Waals surface area contributed by atoms with Crippen molar-refractivity contribution in [2.45, 2.75) is 72.5 Å². The van der Waals surface area contributed by atoms with Crippen molar-refractivity contribution in [3.63, 3.8) is 0 Å². The first-order chi connectivity index (χ1) is 8.51. The second kappa shape index (κ2) is 7.13. The van der Waals surface area contributed by atoms with Crippen molar-refractivity contribution < 1.29 is 4.79 Å². The van der Waals surface area contributed by atoms with Gasteiger partial charge in [0.15, 0.2) is 0 Å². The van der Waals surface area contributed by atoms with Crippen LogP contribution in [0.2, 0.25) is 0 Å². The van der Waals surface area contributed by atoms with E-state index in [1.807, 2.05) is 0 Å². The molecule has 3 atom stereocenters. The van der Waals surface area contributed by atoms with E-state index in [-0.39, 0.29) is 12.2 Å². The first-order valence-electron chi connectivity index (χ1n) is 7.57. The van der Waals surface area contributed by atoms with Crippen LogP contribution in [0.4, 0.5) is 0 Å². The van der Waals surface area contributed by atoms with Crippen molar-refractivity contribution in [2.75, 3.05) is 6.54 Å². The number of carbonyl (C=O) groups excluding carboxylic acids is 1. The molecule has 3 heteroatoms. The average Bonchev–Trinajstić information content (AvgIpc) is 2.62.